The van der Waals surface area contributed by atoms with Crippen LogP contribution in [0.15, 0.2) is 29.2 Å². The number of aliphatic hydroxyl groups excluding tert-OH is 2. The molecule has 0 aliphatic heterocycles. The van der Waals surface area contributed by atoms with E-state index < -0.39 is 35.2 Å². The third kappa shape index (κ3) is 4.00. The largest absolute Gasteiger partial charge is 0.465 e. The topological polar surface area (TPSA) is 113 Å². The number of rotatable bonds is 6. The zero-order valence-electron chi connectivity index (χ0n) is 10.2. The van der Waals surface area contributed by atoms with Crippen LogP contribution < -0.4 is 4.72 Å². The van der Waals surface area contributed by atoms with Crippen molar-refractivity contribution in [2.75, 3.05) is 20.3 Å². The number of carbonyl (C=O) groups excluding carboxylic acids is 1. The molecule has 0 amide bonds. The molecule has 1 aromatic rings. The molecule has 1 rings (SSSR count). The van der Waals surface area contributed by atoms with Gasteiger partial charge in [0.25, 0.3) is 0 Å². The Bertz CT molecular complexity index is 521. The van der Waals surface area contributed by atoms with Crippen LogP contribution in [-0.2, 0) is 14.8 Å². The highest BCUT2D eigenvalue weighted by atomic mass is 32.2. The molecule has 0 fully saturated rings. The van der Waals surface area contributed by atoms with Gasteiger partial charge < -0.3 is 14.9 Å². The Labute approximate surface area is 110 Å². The summed E-state index contributed by atoms with van der Waals surface area (Å²) in [6.45, 7) is -1.04. The van der Waals surface area contributed by atoms with E-state index in [2.05, 4.69) is 9.46 Å². The van der Waals surface area contributed by atoms with Crippen molar-refractivity contribution < 1.29 is 28.2 Å². The molecule has 106 valence electrons. The van der Waals surface area contributed by atoms with Crippen molar-refractivity contribution in [2.45, 2.75) is 10.9 Å². The number of hydrogen-bond acceptors (Lipinski definition) is 6. The summed E-state index contributed by atoms with van der Waals surface area (Å²) in [6.07, 6.45) is 0. The molecule has 0 spiro atoms. The summed E-state index contributed by atoms with van der Waals surface area (Å²) in [4.78, 5) is 11.1. The number of aliphatic hydroxyl groups is 2. The van der Waals surface area contributed by atoms with E-state index >= 15 is 0 Å². The van der Waals surface area contributed by atoms with Gasteiger partial charge in [0, 0.05) is 0 Å². The summed E-state index contributed by atoms with van der Waals surface area (Å²) in [5, 5.41) is 17.7. The second-order valence-electron chi connectivity index (χ2n) is 3.70. The molecule has 0 unspecified atom stereocenters. The number of hydrogen-bond donors (Lipinski definition) is 3. The standard InChI is InChI=1S/C11H15NO6S/c1-18-11(15)8-2-4-10(5-3-8)19(16,17)12-9(6-13)7-14/h2-5,9,12-14H,6-7H2,1H3. The molecule has 0 radical (unpaired) electrons. The first-order chi connectivity index (χ1) is 8.94. The van der Waals surface area contributed by atoms with Crippen LogP contribution in [0.3, 0.4) is 0 Å². The first-order valence-electron chi connectivity index (χ1n) is 5.37. The van der Waals surface area contributed by atoms with Crippen LogP contribution in [0.25, 0.3) is 0 Å². The molecule has 0 aliphatic rings. The van der Waals surface area contributed by atoms with Gasteiger partial charge in [-0.25, -0.2) is 17.9 Å². The molecule has 3 N–H and O–H groups in total. The SMILES string of the molecule is COC(=O)c1ccc(S(=O)(=O)NC(CO)CO)cc1. The molecule has 8 heteroatoms. The highest BCUT2D eigenvalue weighted by Gasteiger charge is 2.19. The van der Waals surface area contributed by atoms with E-state index in [9.17, 15) is 13.2 Å². The fourth-order valence-electron chi connectivity index (χ4n) is 1.31. The summed E-state index contributed by atoms with van der Waals surface area (Å²) in [6, 6.07) is 4.13. The van der Waals surface area contributed by atoms with Crippen molar-refractivity contribution in [3.05, 3.63) is 29.8 Å². The second kappa shape index (κ2) is 6.62. The highest BCUT2D eigenvalue weighted by Crippen LogP contribution is 2.11. The minimum Gasteiger partial charge on any atom is -0.465 e. The molecule has 7 nitrogen and oxygen atoms in total. The lowest BCUT2D eigenvalue weighted by Crippen LogP contribution is -2.39. The summed E-state index contributed by atoms with van der Waals surface area (Å²) in [7, 11) is -2.63. The van der Waals surface area contributed by atoms with E-state index in [1.165, 1.54) is 31.4 Å². The Morgan fingerprint density at radius 1 is 1.26 bits per heavy atom. The van der Waals surface area contributed by atoms with Crippen LogP contribution in [0.2, 0.25) is 0 Å². The van der Waals surface area contributed by atoms with Crippen LogP contribution >= 0.6 is 0 Å². The van der Waals surface area contributed by atoms with E-state index in [1.54, 1.807) is 0 Å². The zero-order chi connectivity index (χ0) is 14.5. The smallest absolute Gasteiger partial charge is 0.337 e. The average Bonchev–Trinajstić information content (AvgIpc) is 2.44. The maximum Gasteiger partial charge on any atom is 0.337 e. The van der Waals surface area contributed by atoms with Crippen LogP contribution in [0.4, 0.5) is 0 Å². The molecule has 0 aliphatic carbocycles. The zero-order valence-corrected chi connectivity index (χ0v) is 11.1. The first-order valence-corrected chi connectivity index (χ1v) is 6.85. The summed E-state index contributed by atoms with van der Waals surface area (Å²) in [5.41, 5.74) is 0.224. The Balaban J connectivity index is 2.93. The van der Waals surface area contributed by atoms with Gasteiger partial charge >= 0.3 is 5.97 Å². The predicted octanol–water partition coefficient (Wildman–Crippen LogP) is -0.895. The van der Waals surface area contributed by atoms with Gasteiger partial charge in [-0.1, -0.05) is 0 Å². The Hall–Kier alpha value is -1.48. The van der Waals surface area contributed by atoms with Gasteiger partial charge in [0.15, 0.2) is 0 Å². The molecule has 0 saturated carbocycles. The minimum absolute atomic E-state index is 0.0768. The van der Waals surface area contributed by atoms with Crippen molar-refractivity contribution in [1.29, 1.82) is 0 Å². The van der Waals surface area contributed by atoms with Crippen LogP contribution in [0.5, 0.6) is 0 Å². The summed E-state index contributed by atoms with van der Waals surface area (Å²) in [5.74, 6) is -0.569. The number of methoxy groups -OCH3 is 1. The lowest BCUT2D eigenvalue weighted by molar-refractivity contribution is 0.0600. The fourth-order valence-corrected chi connectivity index (χ4v) is 2.53. The number of carbonyl (C=O) groups is 1. The normalized spacial score (nSPS) is 11.6. The van der Waals surface area contributed by atoms with Crippen LogP contribution in [0.1, 0.15) is 10.4 Å². The average molecular weight is 289 g/mol. The van der Waals surface area contributed by atoms with Gasteiger partial charge in [-0.2, -0.15) is 0 Å². The monoisotopic (exact) mass is 289 g/mol. The molecule has 0 aromatic heterocycles. The van der Waals surface area contributed by atoms with E-state index in [0.29, 0.717) is 0 Å². The van der Waals surface area contributed by atoms with Gasteiger partial charge in [0.05, 0.1) is 36.8 Å². The minimum atomic E-state index is -3.86. The maximum atomic E-state index is 11.9. The Morgan fingerprint density at radius 2 is 1.79 bits per heavy atom. The van der Waals surface area contributed by atoms with E-state index in [4.69, 9.17) is 10.2 Å². The van der Waals surface area contributed by atoms with Gasteiger partial charge in [-0.3, -0.25) is 0 Å². The third-order valence-electron chi connectivity index (χ3n) is 2.35. The summed E-state index contributed by atoms with van der Waals surface area (Å²) < 4.78 is 30.3. The molecule has 19 heavy (non-hydrogen) atoms. The molecular weight excluding hydrogens is 274 g/mol. The highest BCUT2D eigenvalue weighted by molar-refractivity contribution is 7.89. The van der Waals surface area contributed by atoms with Gasteiger partial charge in [-0.05, 0) is 24.3 Å². The van der Waals surface area contributed by atoms with Gasteiger partial charge in [-0.15, -0.1) is 0 Å². The quantitative estimate of drug-likeness (QED) is 0.585. The number of benzene rings is 1. The lowest BCUT2D eigenvalue weighted by atomic mass is 10.2. The van der Waals surface area contributed by atoms with Crippen molar-refractivity contribution in [3.63, 3.8) is 0 Å². The third-order valence-corrected chi connectivity index (χ3v) is 3.88. The molecular formula is C11H15NO6S. The van der Waals surface area contributed by atoms with Crippen LogP contribution in [0, 0.1) is 0 Å². The van der Waals surface area contributed by atoms with Crippen molar-refractivity contribution in [3.8, 4) is 0 Å². The van der Waals surface area contributed by atoms with Crippen molar-refractivity contribution >= 4 is 16.0 Å². The number of sulfonamides is 1. The van der Waals surface area contributed by atoms with E-state index in [0.717, 1.165) is 0 Å². The number of nitrogens with one attached hydrogen (secondary N) is 1. The van der Waals surface area contributed by atoms with E-state index in [-0.39, 0.29) is 10.5 Å². The number of ether oxygens (including phenoxy) is 1. The van der Waals surface area contributed by atoms with E-state index in [1.807, 2.05) is 0 Å². The Kier molecular flexibility index (Phi) is 5.43. The Morgan fingerprint density at radius 3 is 2.21 bits per heavy atom. The molecule has 0 saturated heterocycles. The second-order valence-corrected chi connectivity index (χ2v) is 5.41. The molecule has 0 heterocycles. The fraction of sp³-hybridized carbons (Fsp3) is 0.364. The molecule has 0 atom stereocenters. The predicted molar refractivity (Wildman–Crippen MR) is 66.1 cm³/mol. The number of esters is 1. The molecule has 1 aromatic carbocycles. The maximum absolute atomic E-state index is 11.9. The lowest BCUT2D eigenvalue weighted by Gasteiger charge is -2.13. The molecule has 0 bridgehead atoms. The van der Waals surface area contributed by atoms with Gasteiger partial charge in [0.2, 0.25) is 10.0 Å². The van der Waals surface area contributed by atoms with Crippen molar-refractivity contribution in [1.82, 2.24) is 4.72 Å². The van der Waals surface area contributed by atoms with Crippen molar-refractivity contribution in [2.24, 2.45) is 0 Å². The van der Waals surface area contributed by atoms with Gasteiger partial charge in [0.1, 0.15) is 0 Å². The summed E-state index contributed by atoms with van der Waals surface area (Å²) >= 11 is 0. The first kappa shape index (κ1) is 15.6. The van der Waals surface area contributed by atoms with Crippen LogP contribution in [-0.4, -0.2) is 51.0 Å².